The van der Waals surface area contributed by atoms with Crippen LogP contribution >= 0.6 is 0 Å². The first kappa shape index (κ1) is 18.1. The third-order valence-electron chi connectivity index (χ3n) is 5.82. The lowest BCUT2D eigenvalue weighted by Gasteiger charge is -2.47. The van der Waals surface area contributed by atoms with Gasteiger partial charge in [-0.3, -0.25) is 4.90 Å². The molecule has 1 aromatic rings. The molecule has 3 rings (SSSR count). The quantitative estimate of drug-likeness (QED) is 0.848. The number of hydrogen-bond donors (Lipinski definition) is 1. The molecule has 2 aliphatic heterocycles. The number of nitrogens with one attached hydrogen (secondary N) is 1. The van der Waals surface area contributed by atoms with Crippen molar-refractivity contribution in [2.24, 2.45) is 0 Å². The van der Waals surface area contributed by atoms with Crippen LogP contribution in [0.2, 0.25) is 0 Å². The number of likely N-dealkylation sites (N-methyl/N-ethyl adjacent to an activating group) is 2. The molecule has 2 amide bonds. The number of carbonyl (C=O) groups is 1. The van der Waals surface area contributed by atoms with E-state index >= 15 is 0 Å². The highest BCUT2D eigenvalue weighted by Gasteiger charge is 2.41. The first-order valence-corrected chi connectivity index (χ1v) is 9.11. The molecule has 25 heavy (non-hydrogen) atoms. The van der Waals surface area contributed by atoms with Gasteiger partial charge in [-0.1, -0.05) is 0 Å². The van der Waals surface area contributed by atoms with E-state index in [1.165, 1.54) is 18.6 Å². The van der Waals surface area contributed by atoms with E-state index in [1.54, 1.807) is 13.0 Å². The Hall–Kier alpha value is -1.66. The second-order valence-corrected chi connectivity index (χ2v) is 7.61. The largest absolute Gasteiger partial charge is 0.324 e. The lowest BCUT2D eigenvalue weighted by molar-refractivity contribution is 0.0442. The topological polar surface area (TPSA) is 38.8 Å². The lowest BCUT2D eigenvalue weighted by Crippen LogP contribution is -2.58. The fraction of sp³-hybridized carbons (Fsp3) is 0.632. The summed E-state index contributed by atoms with van der Waals surface area (Å²) in [6.45, 7) is 6.64. The molecule has 1 spiro atoms. The average Bonchev–Trinajstić information content (AvgIpc) is 2.70. The van der Waals surface area contributed by atoms with Crippen LogP contribution in [0, 0.1) is 12.7 Å². The molecule has 138 valence electrons. The van der Waals surface area contributed by atoms with E-state index in [0.29, 0.717) is 5.69 Å². The third-order valence-corrected chi connectivity index (χ3v) is 5.82. The first-order valence-electron chi connectivity index (χ1n) is 9.11. The summed E-state index contributed by atoms with van der Waals surface area (Å²) >= 11 is 0. The van der Waals surface area contributed by atoms with Gasteiger partial charge in [0, 0.05) is 30.9 Å². The van der Waals surface area contributed by atoms with Crippen molar-refractivity contribution < 1.29 is 9.18 Å². The van der Waals surface area contributed by atoms with Gasteiger partial charge in [0.2, 0.25) is 0 Å². The minimum Gasteiger partial charge on any atom is -0.324 e. The number of amides is 2. The summed E-state index contributed by atoms with van der Waals surface area (Å²) in [4.78, 5) is 19.4. The Morgan fingerprint density at radius 2 is 1.88 bits per heavy atom. The number of anilines is 1. The number of urea groups is 1. The number of aryl methyl sites for hydroxylation is 1. The first-order chi connectivity index (χ1) is 11.9. The minimum absolute atomic E-state index is 0.0887. The highest BCUT2D eigenvalue weighted by molar-refractivity contribution is 5.90. The normalized spacial score (nSPS) is 22.0. The molecule has 0 radical (unpaired) electrons. The number of halogens is 1. The zero-order chi connectivity index (χ0) is 18.0. The van der Waals surface area contributed by atoms with Gasteiger partial charge in [0.05, 0.1) is 0 Å². The SMILES string of the molecule is Cc1cc(F)ccc1NC(=O)N1CCC2(CC1)CN(C)CCCN2C. The molecule has 0 aliphatic carbocycles. The molecule has 1 aromatic carbocycles. The molecule has 0 bridgehead atoms. The Bertz CT molecular complexity index is 628. The summed E-state index contributed by atoms with van der Waals surface area (Å²) in [5.74, 6) is -0.282. The van der Waals surface area contributed by atoms with Gasteiger partial charge in [-0.2, -0.15) is 0 Å². The van der Waals surface area contributed by atoms with Gasteiger partial charge in [-0.15, -0.1) is 0 Å². The fourth-order valence-electron chi connectivity index (χ4n) is 4.14. The van der Waals surface area contributed by atoms with Crippen LogP contribution in [0.3, 0.4) is 0 Å². The van der Waals surface area contributed by atoms with Crippen LogP contribution in [0.15, 0.2) is 18.2 Å². The smallest absolute Gasteiger partial charge is 0.321 e. The summed E-state index contributed by atoms with van der Waals surface area (Å²) in [6, 6.07) is 4.36. The van der Waals surface area contributed by atoms with E-state index in [1.807, 2.05) is 4.90 Å². The Morgan fingerprint density at radius 1 is 1.16 bits per heavy atom. The highest BCUT2D eigenvalue weighted by atomic mass is 19.1. The lowest BCUT2D eigenvalue weighted by atomic mass is 9.85. The predicted octanol–water partition coefficient (Wildman–Crippen LogP) is 2.77. The number of benzene rings is 1. The summed E-state index contributed by atoms with van der Waals surface area (Å²) in [5, 5.41) is 2.93. The van der Waals surface area contributed by atoms with E-state index in [4.69, 9.17) is 0 Å². The van der Waals surface area contributed by atoms with E-state index < -0.39 is 0 Å². The highest BCUT2D eigenvalue weighted by Crippen LogP contribution is 2.31. The van der Waals surface area contributed by atoms with Crippen LogP contribution in [0.4, 0.5) is 14.9 Å². The second kappa shape index (κ2) is 7.30. The van der Waals surface area contributed by atoms with Crippen molar-refractivity contribution in [1.82, 2.24) is 14.7 Å². The molecule has 1 N–H and O–H groups in total. The van der Waals surface area contributed by atoms with Crippen molar-refractivity contribution in [3.8, 4) is 0 Å². The molecule has 0 saturated carbocycles. The molecule has 2 saturated heterocycles. The van der Waals surface area contributed by atoms with Gasteiger partial charge in [0.1, 0.15) is 5.82 Å². The molecule has 2 heterocycles. The van der Waals surface area contributed by atoms with E-state index in [2.05, 4.69) is 29.2 Å². The maximum absolute atomic E-state index is 13.2. The minimum atomic E-state index is -0.282. The molecule has 0 atom stereocenters. The molecule has 2 aliphatic rings. The van der Waals surface area contributed by atoms with Crippen LogP contribution in [-0.4, -0.2) is 73.1 Å². The summed E-state index contributed by atoms with van der Waals surface area (Å²) < 4.78 is 13.2. The summed E-state index contributed by atoms with van der Waals surface area (Å²) in [5.41, 5.74) is 1.60. The van der Waals surface area contributed by atoms with Gasteiger partial charge < -0.3 is 15.1 Å². The van der Waals surface area contributed by atoms with Crippen LogP contribution in [0.25, 0.3) is 0 Å². The number of likely N-dealkylation sites (tertiary alicyclic amines) is 1. The molecular formula is C19H29FN4O. The van der Waals surface area contributed by atoms with Gasteiger partial charge in [0.15, 0.2) is 0 Å². The zero-order valence-corrected chi connectivity index (χ0v) is 15.5. The standard InChI is InChI=1S/C19H29FN4O/c1-15-13-16(20)5-6-17(15)21-18(25)24-11-7-19(8-12-24)14-22(2)9-4-10-23(19)3/h5-6,13H,4,7-12,14H2,1-3H3,(H,21,25). The van der Waals surface area contributed by atoms with E-state index in [-0.39, 0.29) is 17.4 Å². The summed E-state index contributed by atoms with van der Waals surface area (Å²) in [6.07, 6.45) is 3.18. The van der Waals surface area contributed by atoms with Crippen molar-refractivity contribution >= 4 is 11.7 Å². The number of nitrogens with zero attached hydrogens (tertiary/aromatic N) is 3. The Balaban J connectivity index is 1.62. The summed E-state index contributed by atoms with van der Waals surface area (Å²) in [7, 11) is 4.41. The molecule has 5 nitrogen and oxygen atoms in total. The predicted molar refractivity (Wildman–Crippen MR) is 98.4 cm³/mol. The monoisotopic (exact) mass is 348 g/mol. The van der Waals surface area contributed by atoms with Crippen molar-refractivity contribution in [3.63, 3.8) is 0 Å². The molecular weight excluding hydrogens is 319 g/mol. The molecule has 2 fully saturated rings. The number of carbonyl (C=O) groups excluding carboxylic acids is 1. The van der Waals surface area contributed by atoms with Gasteiger partial charge >= 0.3 is 6.03 Å². The Morgan fingerprint density at radius 3 is 2.56 bits per heavy atom. The van der Waals surface area contributed by atoms with Crippen molar-refractivity contribution in [2.45, 2.75) is 31.7 Å². The van der Waals surface area contributed by atoms with E-state index in [0.717, 1.165) is 51.1 Å². The van der Waals surface area contributed by atoms with Crippen LogP contribution in [0.5, 0.6) is 0 Å². The molecule has 0 unspecified atom stereocenters. The molecule has 0 aromatic heterocycles. The van der Waals surface area contributed by atoms with Crippen molar-refractivity contribution in [3.05, 3.63) is 29.6 Å². The maximum Gasteiger partial charge on any atom is 0.321 e. The molecule has 6 heteroatoms. The number of rotatable bonds is 1. The zero-order valence-electron chi connectivity index (χ0n) is 15.5. The Labute approximate surface area is 149 Å². The number of hydrogen-bond acceptors (Lipinski definition) is 3. The van der Waals surface area contributed by atoms with Crippen molar-refractivity contribution in [2.75, 3.05) is 52.1 Å². The van der Waals surface area contributed by atoms with Crippen LogP contribution in [0.1, 0.15) is 24.8 Å². The van der Waals surface area contributed by atoms with E-state index in [9.17, 15) is 9.18 Å². The maximum atomic E-state index is 13.2. The van der Waals surface area contributed by atoms with Gasteiger partial charge in [-0.25, -0.2) is 9.18 Å². The second-order valence-electron chi connectivity index (χ2n) is 7.61. The van der Waals surface area contributed by atoms with Gasteiger partial charge in [0.25, 0.3) is 0 Å². The number of piperidine rings is 1. The Kier molecular flexibility index (Phi) is 5.29. The van der Waals surface area contributed by atoms with Crippen LogP contribution < -0.4 is 5.32 Å². The van der Waals surface area contributed by atoms with Gasteiger partial charge in [-0.05, 0) is 77.1 Å². The van der Waals surface area contributed by atoms with Crippen molar-refractivity contribution in [1.29, 1.82) is 0 Å². The van der Waals surface area contributed by atoms with Crippen LogP contribution in [-0.2, 0) is 0 Å². The average molecular weight is 348 g/mol. The fourth-order valence-corrected chi connectivity index (χ4v) is 4.14. The third kappa shape index (κ3) is 3.96.